The minimum atomic E-state index is -0.203. The van der Waals surface area contributed by atoms with E-state index in [2.05, 4.69) is 46.4 Å². The Morgan fingerprint density at radius 3 is 2.63 bits per heavy atom. The summed E-state index contributed by atoms with van der Waals surface area (Å²) in [4.78, 5) is 15.2. The van der Waals surface area contributed by atoms with Crippen LogP contribution in [0, 0.1) is 0 Å². The lowest BCUT2D eigenvalue weighted by Crippen LogP contribution is -2.12. The van der Waals surface area contributed by atoms with Crippen LogP contribution in [0.15, 0.2) is 6.07 Å². The lowest BCUT2D eigenvalue weighted by molar-refractivity contribution is -0.114. The molecular formula is C12H18N6O. The smallest absolute Gasteiger partial charge is 0.249 e. The van der Waals surface area contributed by atoms with Crippen LogP contribution in [0.2, 0.25) is 0 Å². The summed E-state index contributed by atoms with van der Waals surface area (Å²) in [6, 6.07) is 1.97. The number of aromatic amines is 1. The summed E-state index contributed by atoms with van der Waals surface area (Å²) in [5.41, 5.74) is 1.77. The van der Waals surface area contributed by atoms with Crippen LogP contribution in [0.3, 0.4) is 0 Å². The summed E-state index contributed by atoms with van der Waals surface area (Å²) in [5.74, 6) is 0.640. The van der Waals surface area contributed by atoms with Gasteiger partial charge in [0.05, 0.1) is 5.69 Å². The van der Waals surface area contributed by atoms with E-state index in [1.165, 1.54) is 6.92 Å². The van der Waals surface area contributed by atoms with Gasteiger partial charge < -0.3 is 0 Å². The molecule has 7 heteroatoms. The van der Waals surface area contributed by atoms with Crippen molar-refractivity contribution in [3.8, 4) is 11.5 Å². The van der Waals surface area contributed by atoms with Gasteiger partial charge in [0.15, 0.2) is 5.82 Å². The fraction of sp³-hybridized carbons (Fsp3) is 0.500. The third-order valence-electron chi connectivity index (χ3n) is 2.66. The van der Waals surface area contributed by atoms with Gasteiger partial charge in [-0.15, -0.1) is 5.10 Å². The molecule has 0 spiro atoms. The molecule has 0 unspecified atom stereocenters. The van der Waals surface area contributed by atoms with Crippen molar-refractivity contribution in [1.82, 2.24) is 25.0 Å². The SMILES string of the molecule is CC(=O)Nc1n[nH]c(-c2cc(C(C)(C)C)nn2C)n1. The number of carbonyl (C=O) groups is 1. The summed E-state index contributed by atoms with van der Waals surface area (Å²) in [7, 11) is 1.85. The van der Waals surface area contributed by atoms with Gasteiger partial charge in [-0.3, -0.25) is 19.9 Å². The summed E-state index contributed by atoms with van der Waals surface area (Å²) < 4.78 is 1.75. The van der Waals surface area contributed by atoms with E-state index in [0.29, 0.717) is 5.82 Å². The number of aromatic nitrogens is 5. The molecule has 0 saturated heterocycles. The number of rotatable bonds is 2. The summed E-state index contributed by atoms with van der Waals surface area (Å²) in [5, 5.41) is 13.7. The molecule has 1 amide bonds. The van der Waals surface area contributed by atoms with Gasteiger partial charge in [-0.05, 0) is 6.07 Å². The highest BCUT2D eigenvalue weighted by Gasteiger charge is 2.20. The Balaban J connectivity index is 2.34. The average molecular weight is 262 g/mol. The largest absolute Gasteiger partial charge is 0.293 e. The highest BCUT2D eigenvalue weighted by Crippen LogP contribution is 2.25. The van der Waals surface area contributed by atoms with Crippen LogP contribution in [0.4, 0.5) is 5.95 Å². The van der Waals surface area contributed by atoms with Crippen LogP contribution in [0.25, 0.3) is 11.5 Å². The van der Waals surface area contributed by atoms with E-state index >= 15 is 0 Å². The number of hydrogen-bond donors (Lipinski definition) is 2. The second-order valence-electron chi connectivity index (χ2n) is 5.48. The second-order valence-corrected chi connectivity index (χ2v) is 5.48. The maximum absolute atomic E-state index is 10.9. The molecule has 0 radical (unpaired) electrons. The maximum atomic E-state index is 10.9. The maximum Gasteiger partial charge on any atom is 0.249 e. The highest BCUT2D eigenvalue weighted by atomic mass is 16.1. The molecule has 0 atom stereocenters. The Bertz CT molecular complexity index is 604. The first-order valence-corrected chi connectivity index (χ1v) is 6.02. The van der Waals surface area contributed by atoms with Gasteiger partial charge in [0.25, 0.3) is 0 Å². The molecular weight excluding hydrogens is 244 g/mol. The molecule has 2 aromatic rings. The second kappa shape index (κ2) is 4.49. The van der Waals surface area contributed by atoms with Crippen LogP contribution < -0.4 is 5.32 Å². The molecule has 2 rings (SSSR count). The van der Waals surface area contributed by atoms with E-state index in [4.69, 9.17) is 0 Å². The van der Waals surface area contributed by atoms with Crippen LogP contribution in [-0.4, -0.2) is 30.9 Å². The number of carbonyl (C=O) groups excluding carboxylic acids is 1. The van der Waals surface area contributed by atoms with Gasteiger partial charge in [0, 0.05) is 19.4 Å². The zero-order valence-corrected chi connectivity index (χ0v) is 11.8. The van der Waals surface area contributed by atoms with E-state index in [9.17, 15) is 4.79 Å². The monoisotopic (exact) mass is 262 g/mol. The zero-order chi connectivity index (χ0) is 14.2. The highest BCUT2D eigenvalue weighted by molar-refractivity contribution is 5.86. The Hall–Kier alpha value is -2.18. The normalized spacial score (nSPS) is 11.6. The van der Waals surface area contributed by atoms with Gasteiger partial charge in [-0.25, -0.2) is 0 Å². The van der Waals surface area contributed by atoms with Crippen LogP contribution in [0.1, 0.15) is 33.4 Å². The number of nitrogens with one attached hydrogen (secondary N) is 2. The number of nitrogens with zero attached hydrogens (tertiary/aromatic N) is 4. The van der Waals surface area contributed by atoms with Crippen molar-refractivity contribution in [1.29, 1.82) is 0 Å². The topological polar surface area (TPSA) is 88.5 Å². The van der Waals surface area contributed by atoms with E-state index in [-0.39, 0.29) is 17.3 Å². The number of amides is 1. The molecule has 2 N–H and O–H groups in total. The zero-order valence-electron chi connectivity index (χ0n) is 11.8. The first kappa shape index (κ1) is 13.3. The molecule has 0 saturated carbocycles. The summed E-state index contributed by atoms with van der Waals surface area (Å²) >= 11 is 0. The predicted octanol–water partition coefficient (Wildman–Crippen LogP) is 1.46. The minimum absolute atomic E-state index is 0.0313. The van der Waals surface area contributed by atoms with Gasteiger partial charge in [0.1, 0.15) is 5.69 Å². The molecule has 2 heterocycles. The lowest BCUT2D eigenvalue weighted by atomic mass is 9.92. The predicted molar refractivity (Wildman–Crippen MR) is 71.6 cm³/mol. The van der Waals surface area contributed by atoms with E-state index < -0.39 is 0 Å². The van der Waals surface area contributed by atoms with Crippen LogP contribution >= 0.6 is 0 Å². The number of H-pyrrole nitrogens is 1. The van der Waals surface area contributed by atoms with Crippen molar-refractivity contribution in [3.63, 3.8) is 0 Å². The molecule has 0 aliphatic carbocycles. The fourth-order valence-corrected chi connectivity index (χ4v) is 1.65. The quantitative estimate of drug-likeness (QED) is 0.857. The fourth-order valence-electron chi connectivity index (χ4n) is 1.65. The van der Waals surface area contributed by atoms with Gasteiger partial charge in [-0.2, -0.15) is 10.1 Å². The van der Waals surface area contributed by atoms with Crippen molar-refractivity contribution in [3.05, 3.63) is 11.8 Å². The molecule has 2 aromatic heterocycles. The van der Waals surface area contributed by atoms with Crippen molar-refractivity contribution in [2.75, 3.05) is 5.32 Å². The number of hydrogen-bond acceptors (Lipinski definition) is 4. The summed E-state index contributed by atoms with van der Waals surface area (Å²) in [6.45, 7) is 7.71. The van der Waals surface area contributed by atoms with Crippen molar-refractivity contribution in [2.24, 2.45) is 7.05 Å². The standard InChI is InChI=1S/C12H18N6O/c1-7(19)13-11-14-10(15-16-11)8-6-9(12(2,3)4)17-18(8)5/h6H,1-5H3,(H2,13,14,15,16,19). The molecule has 0 aromatic carbocycles. The van der Waals surface area contributed by atoms with E-state index in [0.717, 1.165) is 11.4 Å². The molecule has 0 fully saturated rings. The molecule has 7 nitrogen and oxygen atoms in total. The number of anilines is 1. The minimum Gasteiger partial charge on any atom is -0.293 e. The molecule has 19 heavy (non-hydrogen) atoms. The average Bonchev–Trinajstić information content (AvgIpc) is 2.82. The van der Waals surface area contributed by atoms with Crippen molar-refractivity contribution >= 4 is 11.9 Å². The molecule has 0 aliphatic heterocycles. The molecule has 0 aliphatic rings. The van der Waals surface area contributed by atoms with Gasteiger partial charge in [-0.1, -0.05) is 20.8 Å². The molecule has 0 bridgehead atoms. The van der Waals surface area contributed by atoms with Crippen molar-refractivity contribution < 1.29 is 4.79 Å². The Morgan fingerprint density at radius 2 is 2.11 bits per heavy atom. The molecule has 102 valence electrons. The Kier molecular flexibility index (Phi) is 3.13. The van der Waals surface area contributed by atoms with Crippen LogP contribution in [-0.2, 0) is 17.3 Å². The Morgan fingerprint density at radius 1 is 1.42 bits per heavy atom. The summed E-state index contributed by atoms with van der Waals surface area (Å²) in [6.07, 6.45) is 0. The first-order valence-electron chi connectivity index (χ1n) is 6.02. The van der Waals surface area contributed by atoms with E-state index in [1.807, 2.05) is 13.1 Å². The third kappa shape index (κ3) is 2.81. The van der Waals surface area contributed by atoms with Gasteiger partial charge >= 0.3 is 0 Å². The first-order chi connectivity index (χ1) is 8.77. The Labute approximate surface area is 111 Å². The number of aryl methyl sites for hydroxylation is 1. The lowest BCUT2D eigenvalue weighted by Gasteiger charge is -2.13. The van der Waals surface area contributed by atoms with Crippen molar-refractivity contribution in [2.45, 2.75) is 33.1 Å². The van der Waals surface area contributed by atoms with E-state index in [1.54, 1.807) is 4.68 Å². The van der Waals surface area contributed by atoms with Gasteiger partial charge in [0.2, 0.25) is 11.9 Å². The third-order valence-corrected chi connectivity index (χ3v) is 2.66. The van der Waals surface area contributed by atoms with Crippen LogP contribution in [0.5, 0.6) is 0 Å².